The van der Waals surface area contributed by atoms with E-state index in [0.717, 1.165) is 25.9 Å². The number of carbonyl (C=O) groups excluding carboxylic acids is 1. The van der Waals surface area contributed by atoms with Gasteiger partial charge in [0.05, 0.1) is 6.42 Å². The van der Waals surface area contributed by atoms with Crippen molar-refractivity contribution in [3.05, 3.63) is 0 Å². The molecular weight excluding hydrogens is 258 g/mol. The Kier molecular flexibility index (Phi) is 6.78. The van der Waals surface area contributed by atoms with E-state index in [1.165, 1.54) is 0 Å². The minimum atomic E-state index is -0.867. The maximum Gasteiger partial charge on any atom is 0.320 e. The van der Waals surface area contributed by atoms with E-state index in [2.05, 4.69) is 5.32 Å². The molecule has 20 heavy (non-hydrogen) atoms. The van der Waals surface area contributed by atoms with Crippen molar-refractivity contribution in [1.82, 2.24) is 15.1 Å². The zero-order valence-corrected chi connectivity index (χ0v) is 12.8. The van der Waals surface area contributed by atoms with Gasteiger partial charge in [-0.2, -0.15) is 0 Å². The summed E-state index contributed by atoms with van der Waals surface area (Å²) in [6.07, 6.45) is 1.91. The van der Waals surface area contributed by atoms with E-state index in [-0.39, 0.29) is 24.5 Å². The molecule has 1 saturated heterocycles. The van der Waals surface area contributed by atoms with Gasteiger partial charge in [0.25, 0.3) is 0 Å². The molecule has 0 bridgehead atoms. The average Bonchev–Trinajstić information content (AvgIpc) is 2.40. The first kappa shape index (κ1) is 16.8. The smallest absolute Gasteiger partial charge is 0.320 e. The lowest BCUT2D eigenvalue weighted by Crippen LogP contribution is -2.53. The van der Waals surface area contributed by atoms with Crippen molar-refractivity contribution < 1.29 is 14.7 Å². The minimum Gasteiger partial charge on any atom is -0.481 e. The molecule has 0 radical (unpaired) electrons. The molecule has 0 saturated carbocycles. The van der Waals surface area contributed by atoms with Gasteiger partial charge in [0, 0.05) is 25.2 Å². The normalized spacial score (nSPS) is 17.6. The molecule has 1 rings (SSSR count). The lowest BCUT2D eigenvalue weighted by Gasteiger charge is -2.39. The molecule has 1 heterocycles. The Morgan fingerprint density at radius 2 is 1.85 bits per heavy atom. The van der Waals surface area contributed by atoms with Gasteiger partial charge in [0.2, 0.25) is 0 Å². The van der Waals surface area contributed by atoms with Gasteiger partial charge in [-0.15, -0.1) is 0 Å². The van der Waals surface area contributed by atoms with Crippen molar-refractivity contribution in [2.24, 2.45) is 0 Å². The SMILES string of the molecule is CCN(C(=O)N(CC)C1CCNCC1)C(C)CC(=O)O. The minimum absolute atomic E-state index is 0.0106. The molecule has 6 nitrogen and oxygen atoms in total. The number of nitrogens with one attached hydrogen (secondary N) is 1. The molecule has 1 atom stereocenters. The van der Waals surface area contributed by atoms with Crippen LogP contribution in [0.2, 0.25) is 0 Å². The average molecular weight is 285 g/mol. The third-order valence-electron chi connectivity index (χ3n) is 3.92. The third kappa shape index (κ3) is 4.37. The molecule has 116 valence electrons. The molecule has 6 heteroatoms. The third-order valence-corrected chi connectivity index (χ3v) is 3.92. The number of urea groups is 1. The second kappa shape index (κ2) is 8.09. The fourth-order valence-corrected chi connectivity index (χ4v) is 2.83. The van der Waals surface area contributed by atoms with Crippen LogP contribution >= 0.6 is 0 Å². The Hall–Kier alpha value is -1.30. The Balaban J connectivity index is 2.72. The molecule has 0 aromatic rings. The second-order valence-corrected chi connectivity index (χ2v) is 5.28. The van der Waals surface area contributed by atoms with Gasteiger partial charge in [-0.05, 0) is 46.7 Å². The van der Waals surface area contributed by atoms with E-state index < -0.39 is 5.97 Å². The summed E-state index contributed by atoms with van der Waals surface area (Å²) in [5, 5.41) is 12.2. The van der Waals surface area contributed by atoms with Crippen molar-refractivity contribution in [2.45, 2.75) is 52.1 Å². The fourth-order valence-electron chi connectivity index (χ4n) is 2.83. The Labute approximate surface area is 121 Å². The van der Waals surface area contributed by atoms with Gasteiger partial charge in [0.1, 0.15) is 0 Å². The summed E-state index contributed by atoms with van der Waals surface area (Å²) in [7, 11) is 0. The van der Waals surface area contributed by atoms with Crippen molar-refractivity contribution in [3.63, 3.8) is 0 Å². The number of hydrogen-bond acceptors (Lipinski definition) is 3. The van der Waals surface area contributed by atoms with Crippen LogP contribution in [0.1, 0.15) is 40.0 Å². The van der Waals surface area contributed by atoms with Gasteiger partial charge in [-0.3, -0.25) is 4.79 Å². The number of aliphatic carboxylic acids is 1. The summed E-state index contributed by atoms with van der Waals surface area (Å²) in [5.74, 6) is -0.867. The first-order chi connectivity index (χ1) is 9.51. The summed E-state index contributed by atoms with van der Waals surface area (Å²) < 4.78 is 0. The second-order valence-electron chi connectivity index (χ2n) is 5.28. The van der Waals surface area contributed by atoms with Gasteiger partial charge in [-0.1, -0.05) is 0 Å². The first-order valence-electron chi connectivity index (χ1n) is 7.50. The van der Waals surface area contributed by atoms with Gasteiger partial charge in [-0.25, -0.2) is 4.79 Å². The molecule has 1 fully saturated rings. The van der Waals surface area contributed by atoms with Crippen LogP contribution in [-0.4, -0.2) is 65.2 Å². The molecule has 2 amide bonds. The Bertz CT molecular complexity index is 330. The summed E-state index contributed by atoms with van der Waals surface area (Å²) in [6.45, 7) is 8.75. The van der Waals surface area contributed by atoms with E-state index in [1.807, 2.05) is 18.7 Å². The highest BCUT2D eigenvalue weighted by atomic mass is 16.4. The van der Waals surface area contributed by atoms with Crippen molar-refractivity contribution in [2.75, 3.05) is 26.2 Å². The van der Waals surface area contributed by atoms with Gasteiger partial charge < -0.3 is 20.2 Å². The van der Waals surface area contributed by atoms with Crippen LogP contribution in [0.5, 0.6) is 0 Å². The molecule has 0 aromatic carbocycles. The molecule has 0 spiro atoms. The number of hydrogen-bond donors (Lipinski definition) is 2. The van der Waals surface area contributed by atoms with Crippen molar-refractivity contribution in [1.29, 1.82) is 0 Å². The quantitative estimate of drug-likeness (QED) is 0.773. The number of nitrogens with zero attached hydrogens (tertiary/aromatic N) is 2. The van der Waals surface area contributed by atoms with E-state index in [0.29, 0.717) is 13.1 Å². The molecule has 1 aliphatic rings. The number of piperidine rings is 1. The van der Waals surface area contributed by atoms with Crippen LogP contribution in [-0.2, 0) is 4.79 Å². The van der Waals surface area contributed by atoms with Crippen LogP contribution in [0, 0.1) is 0 Å². The predicted octanol–water partition coefficient (Wildman–Crippen LogP) is 1.37. The maximum atomic E-state index is 12.7. The topological polar surface area (TPSA) is 72.9 Å². The Morgan fingerprint density at radius 1 is 1.25 bits per heavy atom. The van der Waals surface area contributed by atoms with Crippen LogP contribution in [0.15, 0.2) is 0 Å². The highest BCUT2D eigenvalue weighted by Gasteiger charge is 2.29. The van der Waals surface area contributed by atoms with Crippen LogP contribution in [0.25, 0.3) is 0 Å². The zero-order valence-electron chi connectivity index (χ0n) is 12.8. The number of amides is 2. The summed E-state index contributed by atoms with van der Waals surface area (Å²) >= 11 is 0. The number of carbonyl (C=O) groups is 2. The van der Waals surface area contributed by atoms with Gasteiger partial charge in [0.15, 0.2) is 0 Å². The monoisotopic (exact) mass is 285 g/mol. The summed E-state index contributed by atoms with van der Waals surface area (Å²) in [6, 6.07) is -0.0451. The summed E-state index contributed by atoms with van der Waals surface area (Å²) in [5.41, 5.74) is 0. The maximum absolute atomic E-state index is 12.7. The lowest BCUT2D eigenvalue weighted by atomic mass is 10.0. The molecule has 0 aliphatic carbocycles. The number of carboxylic acid groups (broad SMARTS) is 1. The largest absolute Gasteiger partial charge is 0.481 e. The molecule has 1 aliphatic heterocycles. The molecular formula is C14H27N3O3. The molecule has 2 N–H and O–H groups in total. The van der Waals surface area contributed by atoms with Crippen LogP contribution in [0.4, 0.5) is 4.79 Å². The number of rotatable bonds is 6. The Morgan fingerprint density at radius 3 is 2.30 bits per heavy atom. The lowest BCUT2D eigenvalue weighted by molar-refractivity contribution is -0.138. The molecule has 1 unspecified atom stereocenters. The van der Waals surface area contributed by atoms with Crippen molar-refractivity contribution >= 4 is 12.0 Å². The standard InChI is InChI=1S/C14H27N3O3/c1-4-16(11(3)10-13(18)19)14(20)17(5-2)12-6-8-15-9-7-12/h11-12,15H,4-10H2,1-3H3,(H,18,19). The van der Waals surface area contributed by atoms with E-state index >= 15 is 0 Å². The summed E-state index contributed by atoms with van der Waals surface area (Å²) in [4.78, 5) is 27.1. The van der Waals surface area contributed by atoms with E-state index in [4.69, 9.17) is 5.11 Å². The highest BCUT2D eigenvalue weighted by molar-refractivity contribution is 5.76. The van der Waals surface area contributed by atoms with E-state index in [1.54, 1.807) is 11.8 Å². The van der Waals surface area contributed by atoms with Crippen LogP contribution in [0.3, 0.4) is 0 Å². The van der Waals surface area contributed by atoms with E-state index in [9.17, 15) is 9.59 Å². The number of carboxylic acids is 1. The molecule has 0 aromatic heterocycles. The first-order valence-corrected chi connectivity index (χ1v) is 7.50. The zero-order chi connectivity index (χ0) is 15.1. The van der Waals surface area contributed by atoms with Crippen molar-refractivity contribution in [3.8, 4) is 0 Å². The van der Waals surface area contributed by atoms with Gasteiger partial charge >= 0.3 is 12.0 Å². The highest BCUT2D eigenvalue weighted by Crippen LogP contribution is 2.16. The predicted molar refractivity (Wildman–Crippen MR) is 77.8 cm³/mol. The fraction of sp³-hybridized carbons (Fsp3) is 0.857. The van der Waals surface area contributed by atoms with Crippen LogP contribution < -0.4 is 5.32 Å².